The third-order valence-corrected chi connectivity index (χ3v) is 2.25. The highest BCUT2D eigenvalue weighted by Crippen LogP contribution is 2.23. The molecule has 3 N–H and O–H groups in total. The van der Waals surface area contributed by atoms with Gasteiger partial charge in [0.05, 0.1) is 12.2 Å². The lowest BCUT2D eigenvalue weighted by molar-refractivity contribution is -0.235. The van der Waals surface area contributed by atoms with Crippen LogP contribution >= 0.6 is 0 Å². The van der Waals surface area contributed by atoms with Crippen LogP contribution in [0.15, 0.2) is 0 Å². The topological polar surface area (TPSA) is 69.9 Å². The summed E-state index contributed by atoms with van der Waals surface area (Å²) < 4.78 is 5.13. The minimum atomic E-state index is -0.942. The monoisotopic (exact) mass is 190 g/mol. The largest absolute Gasteiger partial charge is 0.390 e. The average molecular weight is 190 g/mol. The maximum Gasteiger partial charge on any atom is 0.157 e. The zero-order valence-electron chi connectivity index (χ0n) is 8.05. The normalized spacial score (nSPS) is 41.1. The zero-order chi connectivity index (χ0) is 10.0. The SMILES string of the molecule is CC(C)CC1OC(O)CC(O)C1O. The highest BCUT2D eigenvalue weighted by atomic mass is 16.6. The molecule has 78 valence electrons. The van der Waals surface area contributed by atoms with Gasteiger partial charge in [-0.25, -0.2) is 0 Å². The summed E-state index contributed by atoms with van der Waals surface area (Å²) in [4.78, 5) is 0. The van der Waals surface area contributed by atoms with E-state index < -0.39 is 24.6 Å². The third-order valence-electron chi connectivity index (χ3n) is 2.25. The van der Waals surface area contributed by atoms with Crippen molar-refractivity contribution in [3.63, 3.8) is 0 Å². The molecular formula is C9H18O4. The van der Waals surface area contributed by atoms with Gasteiger partial charge in [-0.2, -0.15) is 0 Å². The fourth-order valence-corrected chi connectivity index (χ4v) is 1.59. The molecule has 4 atom stereocenters. The molecule has 0 aromatic rings. The van der Waals surface area contributed by atoms with Crippen molar-refractivity contribution < 1.29 is 20.1 Å². The maximum atomic E-state index is 9.52. The Labute approximate surface area is 78.1 Å². The Morgan fingerprint density at radius 1 is 1.31 bits per heavy atom. The molecule has 1 fully saturated rings. The number of rotatable bonds is 2. The van der Waals surface area contributed by atoms with Gasteiger partial charge in [0.1, 0.15) is 6.10 Å². The Morgan fingerprint density at radius 3 is 2.46 bits per heavy atom. The van der Waals surface area contributed by atoms with Gasteiger partial charge in [0.15, 0.2) is 6.29 Å². The first kappa shape index (κ1) is 10.9. The Hall–Kier alpha value is -0.160. The highest BCUT2D eigenvalue weighted by molar-refractivity contribution is 4.82. The summed E-state index contributed by atoms with van der Waals surface area (Å²) in [6.45, 7) is 4.01. The van der Waals surface area contributed by atoms with E-state index >= 15 is 0 Å². The van der Waals surface area contributed by atoms with E-state index in [0.29, 0.717) is 12.3 Å². The molecule has 1 aliphatic heterocycles. The molecule has 0 bridgehead atoms. The molecule has 1 rings (SSSR count). The van der Waals surface area contributed by atoms with Crippen molar-refractivity contribution in [3.05, 3.63) is 0 Å². The first-order valence-corrected chi connectivity index (χ1v) is 4.70. The molecule has 0 saturated carbocycles. The highest BCUT2D eigenvalue weighted by Gasteiger charge is 2.35. The third kappa shape index (κ3) is 2.91. The van der Waals surface area contributed by atoms with Crippen molar-refractivity contribution in [2.45, 2.75) is 51.3 Å². The molecule has 4 heteroatoms. The quantitative estimate of drug-likeness (QED) is 0.567. The summed E-state index contributed by atoms with van der Waals surface area (Å²) in [5, 5.41) is 28.0. The van der Waals surface area contributed by atoms with E-state index in [1.807, 2.05) is 13.8 Å². The van der Waals surface area contributed by atoms with E-state index in [1.165, 1.54) is 0 Å². The van der Waals surface area contributed by atoms with Gasteiger partial charge in [0.2, 0.25) is 0 Å². The second-order valence-electron chi connectivity index (χ2n) is 4.05. The molecule has 13 heavy (non-hydrogen) atoms. The van der Waals surface area contributed by atoms with Gasteiger partial charge in [-0.1, -0.05) is 13.8 Å². The Bertz CT molecular complexity index is 158. The number of aliphatic hydroxyl groups is 3. The second kappa shape index (κ2) is 4.37. The number of hydrogen-bond donors (Lipinski definition) is 3. The van der Waals surface area contributed by atoms with Crippen LogP contribution in [0.2, 0.25) is 0 Å². The van der Waals surface area contributed by atoms with Gasteiger partial charge in [-0.05, 0) is 12.3 Å². The van der Waals surface area contributed by atoms with Gasteiger partial charge in [0.25, 0.3) is 0 Å². The predicted octanol–water partition coefficient (Wildman–Crippen LogP) is -0.138. The van der Waals surface area contributed by atoms with Gasteiger partial charge >= 0.3 is 0 Å². The molecule has 1 saturated heterocycles. The molecule has 0 radical (unpaired) electrons. The lowest BCUT2D eigenvalue weighted by Gasteiger charge is -2.35. The van der Waals surface area contributed by atoms with Crippen LogP contribution in [0.5, 0.6) is 0 Å². The summed E-state index contributed by atoms with van der Waals surface area (Å²) in [7, 11) is 0. The van der Waals surface area contributed by atoms with Crippen LogP contribution in [0.3, 0.4) is 0 Å². The van der Waals surface area contributed by atoms with Crippen LogP contribution in [0.4, 0.5) is 0 Å². The fourth-order valence-electron chi connectivity index (χ4n) is 1.59. The van der Waals surface area contributed by atoms with Crippen LogP contribution in [0.1, 0.15) is 26.7 Å². The second-order valence-corrected chi connectivity index (χ2v) is 4.05. The number of ether oxygens (including phenoxy) is 1. The molecule has 1 heterocycles. The van der Waals surface area contributed by atoms with Gasteiger partial charge in [0, 0.05) is 6.42 Å². The van der Waals surface area contributed by atoms with Crippen molar-refractivity contribution in [2.24, 2.45) is 5.92 Å². The van der Waals surface area contributed by atoms with E-state index in [0.717, 1.165) is 0 Å². The molecule has 4 unspecified atom stereocenters. The Kier molecular flexibility index (Phi) is 3.67. The van der Waals surface area contributed by atoms with Crippen molar-refractivity contribution in [1.29, 1.82) is 0 Å². The molecule has 0 aromatic carbocycles. The lowest BCUT2D eigenvalue weighted by Crippen LogP contribution is -2.48. The minimum absolute atomic E-state index is 0.0930. The Balaban J connectivity index is 2.50. The van der Waals surface area contributed by atoms with E-state index in [9.17, 15) is 15.3 Å². The van der Waals surface area contributed by atoms with Gasteiger partial charge < -0.3 is 20.1 Å². The van der Waals surface area contributed by atoms with E-state index in [1.54, 1.807) is 0 Å². The molecule has 0 amide bonds. The zero-order valence-corrected chi connectivity index (χ0v) is 8.05. The molecule has 4 nitrogen and oxygen atoms in total. The summed E-state index contributed by atoms with van der Waals surface area (Å²) in [6.07, 6.45) is -2.38. The summed E-state index contributed by atoms with van der Waals surface area (Å²) in [5.41, 5.74) is 0. The van der Waals surface area contributed by atoms with Crippen LogP contribution < -0.4 is 0 Å². The standard InChI is InChI=1S/C9H18O4/c1-5(2)3-7-9(12)6(10)4-8(11)13-7/h5-12H,3-4H2,1-2H3. The van der Waals surface area contributed by atoms with Crippen LogP contribution in [-0.4, -0.2) is 39.9 Å². The molecule has 0 spiro atoms. The van der Waals surface area contributed by atoms with Gasteiger partial charge in [-0.15, -0.1) is 0 Å². The summed E-state index contributed by atoms with van der Waals surface area (Å²) in [6, 6.07) is 0. The van der Waals surface area contributed by atoms with Crippen LogP contribution in [-0.2, 0) is 4.74 Å². The summed E-state index contributed by atoms with van der Waals surface area (Å²) in [5.74, 6) is 0.372. The van der Waals surface area contributed by atoms with Crippen molar-refractivity contribution in [3.8, 4) is 0 Å². The fraction of sp³-hybridized carbons (Fsp3) is 1.00. The smallest absolute Gasteiger partial charge is 0.157 e. The first-order valence-electron chi connectivity index (χ1n) is 4.70. The lowest BCUT2D eigenvalue weighted by atomic mass is 9.94. The molecule has 0 aromatic heterocycles. The van der Waals surface area contributed by atoms with Crippen molar-refractivity contribution in [2.75, 3.05) is 0 Å². The van der Waals surface area contributed by atoms with Crippen molar-refractivity contribution in [1.82, 2.24) is 0 Å². The first-order chi connectivity index (χ1) is 6.00. The number of aliphatic hydroxyl groups excluding tert-OH is 3. The maximum absolute atomic E-state index is 9.52. The van der Waals surface area contributed by atoms with E-state index in [-0.39, 0.29) is 6.42 Å². The van der Waals surface area contributed by atoms with E-state index in [4.69, 9.17) is 4.74 Å². The Morgan fingerprint density at radius 2 is 1.92 bits per heavy atom. The summed E-state index contributed by atoms with van der Waals surface area (Å²) >= 11 is 0. The predicted molar refractivity (Wildman–Crippen MR) is 47.0 cm³/mol. The minimum Gasteiger partial charge on any atom is -0.390 e. The average Bonchev–Trinajstić information content (AvgIpc) is 1.98. The van der Waals surface area contributed by atoms with E-state index in [2.05, 4.69) is 0 Å². The van der Waals surface area contributed by atoms with Crippen molar-refractivity contribution >= 4 is 0 Å². The van der Waals surface area contributed by atoms with Crippen LogP contribution in [0, 0.1) is 5.92 Å². The molecular weight excluding hydrogens is 172 g/mol. The molecule has 0 aliphatic carbocycles. The van der Waals surface area contributed by atoms with Gasteiger partial charge in [-0.3, -0.25) is 0 Å². The molecule has 1 aliphatic rings. The van der Waals surface area contributed by atoms with Crippen LogP contribution in [0.25, 0.3) is 0 Å². The number of hydrogen-bond acceptors (Lipinski definition) is 4.